The first-order chi connectivity index (χ1) is 8.77. The maximum Gasteiger partial charge on any atom is 0.287 e. The van der Waals surface area contributed by atoms with Gasteiger partial charge in [-0.1, -0.05) is 46.2 Å². The Morgan fingerprint density at radius 2 is 2.11 bits per heavy atom. The first kappa shape index (κ1) is 16.0. The largest absolute Gasteiger partial charge is 0.382 e. The smallest absolute Gasteiger partial charge is 0.287 e. The average Bonchev–Trinajstić information content (AvgIpc) is 2.32. The third-order valence-electron chi connectivity index (χ3n) is 3.50. The number of hydrogen-bond donors (Lipinski definition) is 1. The van der Waals surface area contributed by atoms with Gasteiger partial charge in [-0.2, -0.15) is 5.10 Å². The molecule has 0 aromatic carbocycles. The summed E-state index contributed by atoms with van der Waals surface area (Å²) in [4.78, 5) is 11.9. The number of nitrogens with zero attached hydrogens (tertiary/aromatic N) is 2. The fraction of sp³-hybridized carbons (Fsp3) is 0.714. The normalized spacial score (nSPS) is 13.4. The van der Waals surface area contributed by atoms with E-state index in [2.05, 4.69) is 38.1 Å². The summed E-state index contributed by atoms with van der Waals surface area (Å²) in [6.45, 7) is 12.1. The van der Waals surface area contributed by atoms with E-state index in [1.165, 1.54) is 4.68 Å². The summed E-state index contributed by atoms with van der Waals surface area (Å²) in [5.41, 5.74) is 0.608. The maximum absolute atomic E-state index is 11.9. The van der Waals surface area contributed by atoms with Crippen molar-refractivity contribution in [1.29, 1.82) is 0 Å². The van der Waals surface area contributed by atoms with E-state index in [1.807, 2.05) is 6.92 Å². The van der Waals surface area contributed by atoms with Crippen LogP contribution in [0.5, 0.6) is 0 Å². The zero-order valence-corrected chi connectivity index (χ0v) is 13.2. The van der Waals surface area contributed by atoms with Crippen LogP contribution in [-0.4, -0.2) is 16.3 Å². The Morgan fingerprint density at radius 1 is 1.47 bits per heavy atom. The number of aromatic nitrogens is 2. The molecule has 1 rings (SSSR count). The van der Waals surface area contributed by atoms with Gasteiger partial charge in [0.25, 0.3) is 5.56 Å². The molecule has 0 aliphatic heterocycles. The zero-order chi connectivity index (χ0) is 14.6. The van der Waals surface area contributed by atoms with Gasteiger partial charge in [0.1, 0.15) is 5.02 Å². The maximum atomic E-state index is 11.9. The van der Waals surface area contributed by atoms with Gasteiger partial charge in [0.2, 0.25) is 0 Å². The van der Waals surface area contributed by atoms with E-state index in [0.29, 0.717) is 18.2 Å². The lowest BCUT2D eigenvalue weighted by Crippen LogP contribution is -2.27. The molecule has 108 valence electrons. The summed E-state index contributed by atoms with van der Waals surface area (Å²) >= 11 is 6.10. The molecular formula is C14H24ClN3O. The van der Waals surface area contributed by atoms with Gasteiger partial charge in [0.05, 0.1) is 11.9 Å². The highest BCUT2D eigenvalue weighted by molar-refractivity contribution is 6.32. The number of rotatable bonds is 5. The highest BCUT2D eigenvalue weighted by Gasteiger charge is 2.20. The molecule has 19 heavy (non-hydrogen) atoms. The summed E-state index contributed by atoms with van der Waals surface area (Å²) in [6, 6.07) is 0. The van der Waals surface area contributed by atoms with Crippen LogP contribution in [0.1, 0.15) is 41.0 Å². The highest BCUT2D eigenvalue weighted by Crippen LogP contribution is 2.26. The second-order valence-corrected chi connectivity index (χ2v) is 6.43. The van der Waals surface area contributed by atoms with Crippen molar-refractivity contribution < 1.29 is 0 Å². The summed E-state index contributed by atoms with van der Waals surface area (Å²) in [7, 11) is 0. The number of halogens is 1. The number of anilines is 1. The molecule has 1 aromatic heterocycles. The number of hydrogen-bond acceptors (Lipinski definition) is 3. The van der Waals surface area contributed by atoms with Gasteiger partial charge in [0, 0.05) is 13.1 Å². The highest BCUT2D eigenvalue weighted by atomic mass is 35.5. The lowest BCUT2D eigenvalue weighted by molar-refractivity contribution is 0.274. The van der Waals surface area contributed by atoms with Crippen molar-refractivity contribution in [3.63, 3.8) is 0 Å². The van der Waals surface area contributed by atoms with Crippen molar-refractivity contribution in [1.82, 2.24) is 9.78 Å². The molecule has 0 aliphatic carbocycles. The molecule has 1 heterocycles. The molecule has 0 fully saturated rings. The molecule has 1 aromatic rings. The van der Waals surface area contributed by atoms with Gasteiger partial charge >= 0.3 is 0 Å². The van der Waals surface area contributed by atoms with Gasteiger partial charge in [-0.25, -0.2) is 4.68 Å². The molecule has 0 spiro atoms. The minimum absolute atomic E-state index is 0.212. The third kappa shape index (κ3) is 4.23. The predicted octanol–water partition coefficient (Wildman–Crippen LogP) is 3.40. The van der Waals surface area contributed by atoms with E-state index in [1.54, 1.807) is 6.20 Å². The van der Waals surface area contributed by atoms with Crippen LogP contribution in [0, 0.1) is 11.3 Å². The van der Waals surface area contributed by atoms with Crippen LogP contribution >= 0.6 is 11.6 Å². The molecular weight excluding hydrogens is 262 g/mol. The average molecular weight is 286 g/mol. The minimum Gasteiger partial charge on any atom is -0.382 e. The Morgan fingerprint density at radius 3 is 2.63 bits per heavy atom. The molecule has 1 N–H and O–H groups in total. The van der Waals surface area contributed by atoms with Crippen molar-refractivity contribution in [2.24, 2.45) is 11.3 Å². The van der Waals surface area contributed by atoms with Gasteiger partial charge in [-0.05, 0) is 17.8 Å². The van der Waals surface area contributed by atoms with Crippen LogP contribution in [0.3, 0.4) is 0 Å². The molecule has 0 aliphatic rings. The van der Waals surface area contributed by atoms with Crippen LogP contribution in [0.15, 0.2) is 11.0 Å². The summed E-state index contributed by atoms with van der Waals surface area (Å²) < 4.78 is 1.40. The third-order valence-corrected chi connectivity index (χ3v) is 3.86. The first-order valence-electron chi connectivity index (χ1n) is 6.76. The Bertz CT molecular complexity index is 477. The molecule has 0 saturated carbocycles. The van der Waals surface area contributed by atoms with Crippen molar-refractivity contribution >= 4 is 17.3 Å². The van der Waals surface area contributed by atoms with Crippen molar-refractivity contribution in [2.75, 3.05) is 11.9 Å². The van der Waals surface area contributed by atoms with Crippen LogP contribution < -0.4 is 10.9 Å². The van der Waals surface area contributed by atoms with E-state index < -0.39 is 0 Å². The topological polar surface area (TPSA) is 46.9 Å². The van der Waals surface area contributed by atoms with Crippen molar-refractivity contribution in [3.8, 4) is 0 Å². The minimum atomic E-state index is -0.225. The molecule has 0 bridgehead atoms. The summed E-state index contributed by atoms with van der Waals surface area (Å²) in [6.07, 6.45) is 2.49. The van der Waals surface area contributed by atoms with E-state index in [0.717, 1.165) is 13.0 Å². The number of aryl methyl sites for hydroxylation is 1. The SMILES string of the molecule is CCCn1ncc(NCC(C)C(C)(C)C)c(Cl)c1=O. The van der Waals surface area contributed by atoms with Crippen LogP contribution in [0.2, 0.25) is 5.02 Å². The fourth-order valence-electron chi connectivity index (χ4n) is 1.53. The summed E-state index contributed by atoms with van der Waals surface area (Å²) in [5, 5.41) is 7.57. The Balaban J connectivity index is 2.81. The lowest BCUT2D eigenvalue weighted by atomic mass is 9.82. The lowest BCUT2D eigenvalue weighted by Gasteiger charge is -2.27. The second-order valence-electron chi connectivity index (χ2n) is 6.05. The van der Waals surface area contributed by atoms with E-state index in [-0.39, 0.29) is 16.0 Å². The molecule has 4 nitrogen and oxygen atoms in total. The molecule has 0 amide bonds. The summed E-state index contributed by atoms with van der Waals surface area (Å²) in [5.74, 6) is 0.460. The van der Waals surface area contributed by atoms with E-state index >= 15 is 0 Å². The first-order valence-corrected chi connectivity index (χ1v) is 7.14. The Hall–Kier alpha value is -1.03. The van der Waals surface area contributed by atoms with Crippen LogP contribution in [0.4, 0.5) is 5.69 Å². The van der Waals surface area contributed by atoms with E-state index in [4.69, 9.17) is 11.6 Å². The van der Waals surface area contributed by atoms with Crippen molar-refractivity contribution in [2.45, 2.75) is 47.6 Å². The van der Waals surface area contributed by atoms with Gasteiger partial charge in [-0.3, -0.25) is 4.79 Å². The van der Waals surface area contributed by atoms with Gasteiger partial charge in [0.15, 0.2) is 0 Å². The standard InChI is InChI=1S/C14H24ClN3O/c1-6-7-18-13(19)12(15)11(9-17-18)16-8-10(2)14(3,4)5/h9-10,16H,6-8H2,1-5H3. The predicted molar refractivity (Wildman–Crippen MR) is 80.9 cm³/mol. The zero-order valence-electron chi connectivity index (χ0n) is 12.5. The molecule has 1 unspecified atom stereocenters. The molecule has 0 saturated heterocycles. The van der Waals surface area contributed by atoms with Crippen LogP contribution in [-0.2, 0) is 6.54 Å². The van der Waals surface area contributed by atoms with Gasteiger partial charge < -0.3 is 5.32 Å². The molecule has 1 atom stereocenters. The second kappa shape index (κ2) is 6.42. The quantitative estimate of drug-likeness (QED) is 0.902. The Labute approximate surface area is 120 Å². The number of nitrogens with one attached hydrogen (secondary N) is 1. The monoisotopic (exact) mass is 285 g/mol. The van der Waals surface area contributed by atoms with Crippen molar-refractivity contribution in [3.05, 3.63) is 21.6 Å². The molecule has 0 radical (unpaired) electrons. The van der Waals surface area contributed by atoms with Crippen LogP contribution in [0.25, 0.3) is 0 Å². The fourth-order valence-corrected chi connectivity index (χ4v) is 1.74. The molecule has 5 heteroatoms. The van der Waals surface area contributed by atoms with E-state index in [9.17, 15) is 4.79 Å². The van der Waals surface area contributed by atoms with Gasteiger partial charge in [-0.15, -0.1) is 0 Å². The Kier molecular flexibility index (Phi) is 5.41.